The van der Waals surface area contributed by atoms with Gasteiger partial charge >= 0.3 is 6.16 Å². The fourth-order valence-electron chi connectivity index (χ4n) is 1.63. The minimum absolute atomic E-state index is 0.110. The third kappa shape index (κ3) is 6.25. The van der Waals surface area contributed by atoms with Crippen LogP contribution in [-0.4, -0.2) is 29.3 Å². The molecule has 22 heavy (non-hydrogen) atoms. The number of nitrogens with one attached hydrogen (secondary N) is 1. The van der Waals surface area contributed by atoms with Gasteiger partial charge in [0.05, 0.1) is 5.69 Å². The third-order valence-electron chi connectivity index (χ3n) is 2.49. The third-order valence-corrected chi connectivity index (χ3v) is 3.40. The second-order valence-electron chi connectivity index (χ2n) is 4.09. The maximum Gasteiger partial charge on any atom is 0.503 e. The van der Waals surface area contributed by atoms with Crippen LogP contribution < -0.4 is 5.32 Å². The minimum Gasteiger partial charge on any atom is -0.450 e. The minimum atomic E-state index is -4.20. The lowest BCUT2D eigenvalue weighted by atomic mass is 10.2. The first-order chi connectivity index (χ1) is 10.3. The Labute approximate surface area is 127 Å². The molecule has 2 aromatic rings. The van der Waals surface area contributed by atoms with Gasteiger partial charge in [-0.25, -0.2) is 4.79 Å². The van der Waals surface area contributed by atoms with Crippen molar-refractivity contribution in [1.82, 2.24) is 0 Å². The molecule has 0 aromatic heterocycles. The molecule has 0 spiro atoms. The van der Waals surface area contributed by atoms with Gasteiger partial charge in [0.15, 0.2) is 0 Å². The van der Waals surface area contributed by atoms with Crippen LogP contribution in [0.25, 0.3) is 0 Å². The summed E-state index contributed by atoms with van der Waals surface area (Å²) in [7, 11) is -4.20. The molecule has 0 unspecified atom stereocenters. The van der Waals surface area contributed by atoms with Crippen molar-refractivity contribution in [3.8, 4) is 0 Å². The van der Waals surface area contributed by atoms with Crippen molar-refractivity contribution >= 4 is 22.0 Å². The number of carbonyl (C=O) groups is 1. The lowest BCUT2D eigenvalue weighted by molar-refractivity contribution is 0.137. The van der Waals surface area contributed by atoms with Gasteiger partial charge in [0, 0.05) is 6.54 Å². The van der Waals surface area contributed by atoms with Gasteiger partial charge in [-0.3, -0.25) is 4.55 Å². The van der Waals surface area contributed by atoms with E-state index in [0.717, 1.165) is 5.56 Å². The zero-order valence-electron chi connectivity index (χ0n) is 11.4. The molecule has 0 aliphatic rings. The summed E-state index contributed by atoms with van der Waals surface area (Å²) in [5.41, 5.74) is 1.42. The quantitative estimate of drug-likeness (QED) is 0.637. The van der Waals surface area contributed by atoms with E-state index in [2.05, 4.69) is 5.32 Å². The standard InChI is InChI=1S/C13H13NO3S.CH2O3/c15-18(16,17)13-9-5-4-8-12(13)14-10-11-6-2-1-3-7-11;2-1(3)4/h1-9,14H,10H2,(H,15,16,17);(H2,2,3,4). The van der Waals surface area contributed by atoms with Crippen LogP contribution in [0.4, 0.5) is 10.5 Å². The van der Waals surface area contributed by atoms with Gasteiger partial charge in [0.25, 0.3) is 10.1 Å². The topological polar surface area (TPSA) is 124 Å². The smallest absolute Gasteiger partial charge is 0.450 e. The predicted molar refractivity (Wildman–Crippen MR) is 80.7 cm³/mol. The molecule has 7 nitrogen and oxygen atoms in total. The molecule has 8 heteroatoms. The molecule has 0 radical (unpaired) electrons. The molecule has 0 aliphatic heterocycles. The molecule has 0 heterocycles. The van der Waals surface area contributed by atoms with Gasteiger partial charge in [-0.1, -0.05) is 42.5 Å². The second kappa shape index (κ2) is 8.01. The number of carboxylic acid groups (broad SMARTS) is 2. The SMILES string of the molecule is O=C(O)O.O=S(=O)(O)c1ccccc1NCc1ccccc1. The van der Waals surface area contributed by atoms with E-state index in [1.807, 2.05) is 30.3 Å². The summed E-state index contributed by atoms with van der Waals surface area (Å²) < 4.78 is 31.5. The Morgan fingerprint density at radius 2 is 1.45 bits per heavy atom. The number of para-hydroxylation sites is 1. The Morgan fingerprint density at radius 1 is 0.955 bits per heavy atom. The Hall–Kier alpha value is -2.58. The van der Waals surface area contributed by atoms with E-state index < -0.39 is 16.3 Å². The summed E-state index contributed by atoms with van der Waals surface area (Å²) in [5, 5.41) is 16.9. The van der Waals surface area contributed by atoms with E-state index in [1.165, 1.54) is 6.07 Å². The number of anilines is 1. The van der Waals surface area contributed by atoms with E-state index in [0.29, 0.717) is 12.2 Å². The summed E-state index contributed by atoms with van der Waals surface area (Å²) in [6.45, 7) is 0.493. The van der Waals surface area contributed by atoms with Gasteiger partial charge in [-0.2, -0.15) is 8.42 Å². The van der Waals surface area contributed by atoms with Gasteiger partial charge < -0.3 is 15.5 Å². The fourth-order valence-corrected chi connectivity index (χ4v) is 2.30. The lowest BCUT2D eigenvalue weighted by Gasteiger charge is -2.09. The van der Waals surface area contributed by atoms with Crippen LogP contribution >= 0.6 is 0 Å². The summed E-state index contributed by atoms with van der Waals surface area (Å²) >= 11 is 0. The zero-order chi connectivity index (χ0) is 16.6. The largest absolute Gasteiger partial charge is 0.503 e. The molecule has 2 aromatic carbocycles. The zero-order valence-corrected chi connectivity index (χ0v) is 12.2. The van der Waals surface area contributed by atoms with Crippen LogP contribution in [0.3, 0.4) is 0 Å². The Bertz CT molecular complexity index is 711. The summed E-state index contributed by atoms with van der Waals surface area (Å²) in [6.07, 6.45) is -1.83. The number of hydrogen-bond donors (Lipinski definition) is 4. The van der Waals surface area contributed by atoms with Crippen LogP contribution in [0.5, 0.6) is 0 Å². The van der Waals surface area contributed by atoms with Crippen molar-refractivity contribution in [3.05, 3.63) is 60.2 Å². The number of hydrogen-bond acceptors (Lipinski definition) is 4. The molecule has 0 fully saturated rings. The second-order valence-corrected chi connectivity index (χ2v) is 5.48. The van der Waals surface area contributed by atoms with Crippen LogP contribution in [0, 0.1) is 0 Å². The van der Waals surface area contributed by atoms with E-state index in [-0.39, 0.29) is 4.90 Å². The van der Waals surface area contributed by atoms with Crippen molar-refractivity contribution < 1.29 is 28.0 Å². The van der Waals surface area contributed by atoms with Crippen molar-refractivity contribution in [2.24, 2.45) is 0 Å². The normalized spacial score (nSPS) is 10.2. The highest BCUT2D eigenvalue weighted by molar-refractivity contribution is 7.86. The highest BCUT2D eigenvalue weighted by atomic mass is 32.2. The average Bonchev–Trinajstić information content (AvgIpc) is 2.45. The molecule has 4 N–H and O–H groups in total. The molecule has 0 bridgehead atoms. The maximum atomic E-state index is 11.2. The van der Waals surface area contributed by atoms with Crippen molar-refractivity contribution in [1.29, 1.82) is 0 Å². The molecule has 0 aliphatic carbocycles. The highest BCUT2D eigenvalue weighted by Crippen LogP contribution is 2.20. The predicted octanol–water partition coefficient (Wildman–Crippen LogP) is 2.77. The number of rotatable bonds is 4. The molecular weight excluding hydrogens is 310 g/mol. The summed E-state index contributed by atoms with van der Waals surface area (Å²) in [6, 6.07) is 15.9. The summed E-state index contributed by atoms with van der Waals surface area (Å²) in [5.74, 6) is 0. The number of benzene rings is 2. The summed E-state index contributed by atoms with van der Waals surface area (Å²) in [4.78, 5) is 8.45. The Kier molecular flexibility index (Phi) is 6.36. The monoisotopic (exact) mass is 325 g/mol. The first-order valence-corrected chi connectivity index (χ1v) is 7.51. The fraction of sp³-hybridized carbons (Fsp3) is 0.0714. The first-order valence-electron chi connectivity index (χ1n) is 6.07. The van der Waals surface area contributed by atoms with Gasteiger partial charge in [-0.15, -0.1) is 0 Å². The highest BCUT2D eigenvalue weighted by Gasteiger charge is 2.13. The van der Waals surface area contributed by atoms with Crippen molar-refractivity contribution in [3.63, 3.8) is 0 Å². The van der Waals surface area contributed by atoms with Crippen molar-refractivity contribution in [2.45, 2.75) is 11.4 Å². The van der Waals surface area contributed by atoms with Crippen LogP contribution in [-0.2, 0) is 16.7 Å². The average molecular weight is 325 g/mol. The van der Waals surface area contributed by atoms with E-state index in [9.17, 15) is 8.42 Å². The van der Waals surface area contributed by atoms with Crippen molar-refractivity contribution in [2.75, 3.05) is 5.32 Å². The van der Waals surface area contributed by atoms with Crippen LogP contribution in [0.2, 0.25) is 0 Å². The van der Waals surface area contributed by atoms with Gasteiger partial charge in [0.1, 0.15) is 4.90 Å². The maximum absolute atomic E-state index is 11.2. The van der Waals surface area contributed by atoms with Crippen LogP contribution in [0.15, 0.2) is 59.5 Å². The Balaban J connectivity index is 0.000000541. The van der Waals surface area contributed by atoms with Gasteiger partial charge in [-0.05, 0) is 17.7 Å². The molecule has 0 saturated heterocycles. The van der Waals surface area contributed by atoms with E-state index in [1.54, 1.807) is 18.2 Å². The van der Waals surface area contributed by atoms with E-state index in [4.69, 9.17) is 19.6 Å². The molecule has 0 amide bonds. The lowest BCUT2D eigenvalue weighted by Crippen LogP contribution is -2.06. The van der Waals surface area contributed by atoms with E-state index >= 15 is 0 Å². The first kappa shape index (κ1) is 17.5. The molecular formula is C14H15NO6S. The molecule has 118 valence electrons. The molecule has 0 saturated carbocycles. The molecule has 2 rings (SSSR count). The van der Waals surface area contributed by atoms with Crippen LogP contribution in [0.1, 0.15) is 5.56 Å². The Morgan fingerprint density at radius 3 is 2.00 bits per heavy atom. The van der Waals surface area contributed by atoms with Gasteiger partial charge in [0.2, 0.25) is 0 Å². The molecule has 0 atom stereocenters.